The number of ether oxygens (including phenoxy) is 1. The summed E-state index contributed by atoms with van der Waals surface area (Å²) in [5.74, 6) is -0.341. The summed E-state index contributed by atoms with van der Waals surface area (Å²) in [7, 11) is 0. The average Bonchev–Trinajstić information content (AvgIpc) is 2.47. The maximum Gasteiger partial charge on any atom is 0.408 e. The number of carbonyl (C=O) groups excluding carboxylic acids is 3. The van der Waals surface area contributed by atoms with Gasteiger partial charge in [0.15, 0.2) is 0 Å². The quantitative estimate of drug-likeness (QED) is 0.562. The third-order valence-electron chi connectivity index (χ3n) is 2.80. The fourth-order valence-corrected chi connectivity index (χ4v) is 1.83. The third-order valence-corrected chi connectivity index (χ3v) is 2.80. The molecular weight excluding hydrogens is 284 g/mol. The minimum atomic E-state index is -0.750. The van der Waals surface area contributed by atoms with Gasteiger partial charge in [0.25, 0.3) is 0 Å². The summed E-state index contributed by atoms with van der Waals surface area (Å²) in [5, 5.41) is 5.18. The Hall–Kier alpha value is -2.37. The molecule has 0 radical (unpaired) electrons. The van der Waals surface area contributed by atoms with Crippen molar-refractivity contribution in [1.29, 1.82) is 0 Å². The van der Waals surface area contributed by atoms with Crippen LogP contribution in [0.25, 0.3) is 0 Å². The standard InChI is InChI=1S/C16H22N2O4/c1-12(2)22-16(21)18-14(15(20)17-9-6-10-19)11-13-7-4-3-5-8-13/h3-5,7-8,10,12,14H,6,9,11H2,1-2H3,(H,17,20)(H,18,21)/t14-/m0/s1. The van der Waals surface area contributed by atoms with Crippen LogP contribution in [0, 0.1) is 0 Å². The Balaban J connectivity index is 2.69. The lowest BCUT2D eigenvalue weighted by Gasteiger charge is -2.19. The van der Waals surface area contributed by atoms with Crippen molar-refractivity contribution in [3.05, 3.63) is 35.9 Å². The Bertz CT molecular complexity index is 488. The van der Waals surface area contributed by atoms with E-state index in [0.717, 1.165) is 11.8 Å². The van der Waals surface area contributed by atoms with Crippen LogP contribution >= 0.6 is 0 Å². The summed E-state index contributed by atoms with van der Waals surface area (Å²) < 4.78 is 5.01. The lowest BCUT2D eigenvalue weighted by Crippen LogP contribution is -2.48. The molecule has 0 aliphatic carbocycles. The second-order valence-corrected chi connectivity index (χ2v) is 5.09. The number of alkyl carbamates (subject to hydrolysis) is 1. The van der Waals surface area contributed by atoms with E-state index in [9.17, 15) is 14.4 Å². The highest BCUT2D eigenvalue weighted by molar-refractivity contribution is 5.86. The van der Waals surface area contributed by atoms with Crippen LogP contribution in [0.2, 0.25) is 0 Å². The van der Waals surface area contributed by atoms with Crippen molar-refractivity contribution < 1.29 is 19.1 Å². The van der Waals surface area contributed by atoms with Gasteiger partial charge < -0.3 is 20.2 Å². The van der Waals surface area contributed by atoms with E-state index in [2.05, 4.69) is 10.6 Å². The van der Waals surface area contributed by atoms with E-state index < -0.39 is 12.1 Å². The van der Waals surface area contributed by atoms with Crippen molar-refractivity contribution in [1.82, 2.24) is 10.6 Å². The SMILES string of the molecule is CC(C)OC(=O)N[C@@H](Cc1ccccc1)C(=O)NCCC=O. The van der Waals surface area contributed by atoms with Crippen LogP contribution in [0.1, 0.15) is 25.8 Å². The van der Waals surface area contributed by atoms with Crippen molar-refractivity contribution in [2.24, 2.45) is 0 Å². The number of carbonyl (C=O) groups is 3. The molecule has 22 heavy (non-hydrogen) atoms. The molecular formula is C16H22N2O4. The predicted octanol–water partition coefficient (Wildman–Crippen LogP) is 1.44. The zero-order valence-corrected chi connectivity index (χ0v) is 12.9. The maximum absolute atomic E-state index is 12.1. The highest BCUT2D eigenvalue weighted by Gasteiger charge is 2.22. The number of nitrogens with one attached hydrogen (secondary N) is 2. The molecule has 0 fully saturated rings. The van der Waals surface area contributed by atoms with E-state index in [1.807, 2.05) is 30.3 Å². The first kappa shape index (κ1) is 17.7. The molecule has 2 N–H and O–H groups in total. The van der Waals surface area contributed by atoms with Crippen LogP contribution in [-0.4, -0.2) is 37.0 Å². The Labute approximate surface area is 130 Å². The number of rotatable bonds is 8. The summed E-state index contributed by atoms with van der Waals surface area (Å²) >= 11 is 0. The molecule has 0 saturated heterocycles. The second kappa shape index (κ2) is 9.55. The Kier molecular flexibility index (Phi) is 7.67. The highest BCUT2D eigenvalue weighted by atomic mass is 16.6. The molecule has 6 nitrogen and oxygen atoms in total. The molecule has 0 aromatic heterocycles. The molecule has 0 bridgehead atoms. The van der Waals surface area contributed by atoms with Gasteiger partial charge in [-0.1, -0.05) is 30.3 Å². The van der Waals surface area contributed by atoms with E-state index in [0.29, 0.717) is 6.42 Å². The van der Waals surface area contributed by atoms with Gasteiger partial charge in [0.05, 0.1) is 6.10 Å². The van der Waals surface area contributed by atoms with Crippen LogP contribution in [-0.2, 0) is 20.7 Å². The largest absolute Gasteiger partial charge is 0.447 e. The molecule has 0 spiro atoms. The number of hydrogen-bond donors (Lipinski definition) is 2. The number of hydrogen-bond acceptors (Lipinski definition) is 4. The predicted molar refractivity (Wildman–Crippen MR) is 82.4 cm³/mol. The lowest BCUT2D eigenvalue weighted by molar-refractivity contribution is -0.123. The first-order valence-corrected chi connectivity index (χ1v) is 7.25. The average molecular weight is 306 g/mol. The van der Waals surface area contributed by atoms with Gasteiger partial charge in [-0.2, -0.15) is 0 Å². The summed E-state index contributed by atoms with van der Waals surface area (Å²) in [6.07, 6.45) is 0.408. The van der Waals surface area contributed by atoms with Crippen LogP contribution in [0.4, 0.5) is 4.79 Å². The third kappa shape index (κ3) is 6.88. The molecule has 1 aromatic rings. The van der Waals surface area contributed by atoms with Gasteiger partial charge >= 0.3 is 6.09 Å². The molecule has 0 saturated carbocycles. The minimum absolute atomic E-state index is 0.236. The molecule has 0 unspecified atom stereocenters. The van der Waals surface area contributed by atoms with Gasteiger partial charge in [-0.25, -0.2) is 4.79 Å². The molecule has 1 rings (SSSR count). The van der Waals surface area contributed by atoms with Crippen LogP contribution in [0.3, 0.4) is 0 Å². The summed E-state index contributed by atoms with van der Waals surface area (Å²) in [5.41, 5.74) is 0.919. The second-order valence-electron chi connectivity index (χ2n) is 5.09. The summed E-state index contributed by atoms with van der Waals surface area (Å²) in [4.78, 5) is 34.2. The fourth-order valence-electron chi connectivity index (χ4n) is 1.83. The number of benzene rings is 1. The van der Waals surface area contributed by atoms with Crippen molar-refractivity contribution >= 4 is 18.3 Å². The normalized spacial score (nSPS) is 11.6. The number of aldehydes is 1. The van der Waals surface area contributed by atoms with Gasteiger partial charge in [0.1, 0.15) is 12.3 Å². The Morgan fingerprint density at radius 1 is 1.23 bits per heavy atom. The lowest BCUT2D eigenvalue weighted by atomic mass is 10.1. The smallest absolute Gasteiger partial charge is 0.408 e. The van der Waals surface area contributed by atoms with E-state index in [4.69, 9.17) is 4.74 Å². The van der Waals surface area contributed by atoms with Crippen molar-refractivity contribution in [2.75, 3.05) is 6.54 Å². The Morgan fingerprint density at radius 2 is 1.91 bits per heavy atom. The zero-order chi connectivity index (χ0) is 16.4. The maximum atomic E-state index is 12.1. The van der Waals surface area contributed by atoms with Crippen molar-refractivity contribution in [3.8, 4) is 0 Å². The fraction of sp³-hybridized carbons (Fsp3) is 0.438. The van der Waals surface area contributed by atoms with Gasteiger partial charge in [-0.3, -0.25) is 4.79 Å². The first-order chi connectivity index (χ1) is 10.5. The van der Waals surface area contributed by atoms with Crippen LogP contribution < -0.4 is 10.6 Å². The van der Waals surface area contributed by atoms with Gasteiger partial charge in [0, 0.05) is 19.4 Å². The molecule has 0 heterocycles. The van der Waals surface area contributed by atoms with E-state index >= 15 is 0 Å². The molecule has 1 atom stereocenters. The molecule has 0 aliphatic heterocycles. The molecule has 2 amide bonds. The Morgan fingerprint density at radius 3 is 2.50 bits per heavy atom. The summed E-state index contributed by atoms with van der Waals surface area (Å²) in [6.45, 7) is 3.71. The van der Waals surface area contributed by atoms with E-state index in [-0.39, 0.29) is 25.0 Å². The molecule has 120 valence electrons. The molecule has 6 heteroatoms. The highest BCUT2D eigenvalue weighted by Crippen LogP contribution is 2.04. The molecule has 0 aliphatic rings. The zero-order valence-electron chi connectivity index (χ0n) is 12.9. The van der Waals surface area contributed by atoms with Crippen LogP contribution in [0.5, 0.6) is 0 Å². The van der Waals surface area contributed by atoms with Crippen molar-refractivity contribution in [3.63, 3.8) is 0 Å². The summed E-state index contributed by atoms with van der Waals surface area (Å²) in [6, 6.07) is 8.61. The van der Waals surface area contributed by atoms with Gasteiger partial charge in [-0.15, -0.1) is 0 Å². The topological polar surface area (TPSA) is 84.5 Å². The minimum Gasteiger partial charge on any atom is -0.447 e. The molecule has 1 aromatic carbocycles. The monoisotopic (exact) mass is 306 g/mol. The van der Waals surface area contributed by atoms with Crippen LogP contribution in [0.15, 0.2) is 30.3 Å². The van der Waals surface area contributed by atoms with E-state index in [1.165, 1.54) is 0 Å². The number of amides is 2. The van der Waals surface area contributed by atoms with Gasteiger partial charge in [0.2, 0.25) is 5.91 Å². The van der Waals surface area contributed by atoms with Crippen molar-refractivity contribution in [2.45, 2.75) is 38.8 Å². The van der Waals surface area contributed by atoms with E-state index in [1.54, 1.807) is 13.8 Å². The van der Waals surface area contributed by atoms with Gasteiger partial charge in [-0.05, 0) is 19.4 Å². The first-order valence-electron chi connectivity index (χ1n) is 7.25.